The lowest BCUT2D eigenvalue weighted by Crippen LogP contribution is -2.31. The van der Waals surface area contributed by atoms with Crippen LogP contribution in [0.25, 0.3) is 0 Å². The van der Waals surface area contributed by atoms with Gasteiger partial charge in [0, 0.05) is 29.2 Å². The van der Waals surface area contributed by atoms with Crippen molar-refractivity contribution in [3.8, 4) is 0 Å². The number of halogens is 2. The van der Waals surface area contributed by atoms with E-state index in [4.69, 9.17) is 0 Å². The van der Waals surface area contributed by atoms with E-state index in [1.54, 1.807) is 25.1 Å². The smallest absolute Gasteiger partial charge is 0.282 e. The van der Waals surface area contributed by atoms with Crippen LogP contribution >= 0.6 is 15.9 Å². The minimum Gasteiger partial charge on any atom is -0.334 e. The van der Waals surface area contributed by atoms with Crippen molar-refractivity contribution in [2.75, 3.05) is 6.54 Å². The highest BCUT2D eigenvalue weighted by molar-refractivity contribution is 9.10. The first-order valence-corrected chi connectivity index (χ1v) is 7.70. The van der Waals surface area contributed by atoms with Crippen molar-refractivity contribution in [1.29, 1.82) is 0 Å². The van der Waals surface area contributed by atoms with Gasteiger partial charge in [0.1, 0.15) is 11.4 Å². The fraction of sp³-hybridized carbons (Fsp3) is 0.188. The largest absolute Gasteiger partial charge is 0.334 e. The molecule has 1 amide bonds. The molecular formula is C16H14BrFN2O3. The molecule has 0 N–H and O–H groups in total. The molecule has 0 atom stereocenters. The summed E-state index contributed by atoms with van der Waals surface area (Å²) in [5, 5.41) is 11.1. The van der Waals surface area contributed by atoms with Crippen LogP contribution < -0.4 is 0 Å². The van der Waals surface area contributed by atoms with E-state index in [-0.39, 0.29) is 17.8 Å². The fourth-order valence-corrected chi connectivity index (χ4v) is 2.59. The van der Waals surface area contributed by atoms with Gasteiger partial charge in [-0.1, -0.05) is 28.1 Å². The number of para-hydroxylation sites is 1. The summed E-state index contributed by atoms with van der Waals surface area (Å²) in [7, 11) is 0. The lowest BCUT2D eigenvalue weighted by atomic mass is 10.1. The highest BCUT2D eigenvalue weighted by Gasteiger charge is 2.24. The summed E-state index contributed by atoms with van der Waals surface area (Å²) in [6.07, 6.45) is 0. The Morgan fingerprint density at radius 3 is 2.65 bits per heavy atom. The van der Waals surface area contributed by atoms with E-state index in [1.165, 1.54) is 29.2 Å². The molecule has 0 radical (unpaired) electrons. The Hall–Kier alpha value is -2.28. The molecule has 0 aliphatic carbocycles. The normalized spacial score (nSPS) is 10.4. The third kappa shape index (κ3) is 3.92. The van der Waals surface area contributed by atoms with Gasteiger partial charge in [0.15, 0.2) is 0 Å². The number of rotatable bonds is 5. The highest BCUT2D eigenvalue weighted by atomic mass is 79.9. The molecule has 2 rings (SSSR count). The van der Waals surface area contributed by atoms with Crippen LogP contribution in [0.3, 0.4) is 0 Å². The Morgan fingerprint density at radius 2 is 2.00 bits per heavy atom. The zero-order valence-corrected chi connectivity index (χ0v) is 13.9. The van der Waals surface area contributed by atoms with E-state index < -0.39 is 16.6 Å². The molecule has 0 saturated heterocycles. The van der Waals surface area contributed by atoms with Gasteiger partial charge in [-0.15, -0.1) is 0 Å². The first-order valence-electron chi connectivity index (χ1n) is 6.90. The molecule has 2 aromatic rings. The maximum absolute atomic E-state index is 13.9. The molecule has 0 aromatic heterocycles. The average molecular weight is 381 g/mol. The molecule has 0 aliphatic rings. The number of benzene rings is 2. The standard InChI is InChI=1S/C16H14BrFN2O3/c1-2-19(10-11-9-12(17)7-8-14(11)18)16(21)13-5-3-4-6-15(13)20(22)23/h3-9H,2,10H2,1H3. The van der Waals surface area contributed by atoms with Crippen LogP contribution in [0, 0.1) is 15.9 Å². The van der Waals surface area contributed by atoms with Crippen LogP contribution in [-0.2, 0) is 6.54 Å². The molecule has 0 unspecified atom stereocenters. The van der Waals surface area contributed by atoms with E-state index in [9.17, 15) is 19.3 Å². The van der Waals surface area contributed by atoms with Crippen molar-refractivity contribution in [2.45, 2.75) is 13.5 Å². The molecule has 0 spiro atoms. The first-order chi connectivity index (χ1) is 10.9. The van der Waals surface area contributed by atoms with Gasteiger partial charge in [-0.2, -0.15) is 0 Å². The lowest BCUT2D eigenvalue weighted by molar-refractivity contribution is -0.385. The number of hydrogen-bond acceptors (Lipinski definition) is 3. The number of amides is 1. The topological polar surface area (TPSA) is 63.5 Å². The van der Waals surface area contributed by atoms with Crippen molar-refractivity contribution >= 4 is 27.5 Å². The van der Waals surface area contributed by atoms with Gasteiger partial charge >= 0.3 is 0 Å². The molecule has 120 valence electrons. The Bertz CT molecular complexity index is 752. The number of nitro benzene ring substituents is 1. The second-order valence-corrected chi connectivity index (χ2v) is 5.74. The molecule has 0 saturated carbocycles. The third-order valence-corrected chi connectivity index (χ3v) is 3.86. The molecule has 0 aliphatic heterocycles. The number of nitrogens with zero attached hydrogens (tertiary/aromatic N) is 2. The minimum atomic E-state index is -0.596. The second kappa shape index (κ2) is 7.32. The van der Waals surface area contributed by atoms with Crippen LogP contribution in [0.4, 0.5) is 10.1 Å². The summed E-state index contributed by atoms with van der Waals surface area (Å²) in [5.41, 5.74) is 0.0774. The molecule has 0 heterocycles. The SMILES string of the molecule is CCN(Cc1cc(Br)ccc1F)C(=O)c1ccccc1[N+](=O)[O-]. The van der Waals surface area contributed by atoms with Gasteiger partial charge in [-0.05, 0) is 31.2 Å². The fourth-order valence-electron chi connectivity index (χ4n) is 2.18. The van der Waals surface area contributed by atoms with Crippen LogP contribution in [0.15, 0.2) is 46.9 Å². The van der Waals surface area contributed by atoms with Gasteiger partial charge in [0.2, 0.25) is 0 Å². The summed E-state index contributed by atoms with van der Waals surface area (Å²) in [6, 6.07) is 10.2. The minimum absolute atomic E-state index is 0.00486. The molecule has 0 bridgehead atoms. The number of nitro groups is 1. The summed E-state index contributed by atoms with van der Waals surface area (Å²) in [4.78, 5) is 24.4. The maximum atomic E-state index is 13.9. The predicted octanol–water partition coefficient (Wildman–Crippen LogP) is 4.16. The molecule has 0 fully saturated rings. The average Bonchev–Trinajstić information content (AvgIpc) is 2.55. The number of carbonyl (C=O) groups excluding carboxylic acids is 1. The van der Waals surface area contributed by atoms with Gasteiger partial charge in [0.05, 0.1) is 4.92 Å². The van der Waals surface area contributed by atoms with Gasteiger partial charge < -0.3 is 4.90 Å². The first kappa shape index (κ1) is 17.1. The Labute approximate surface area is 141 Å². The van der Waals surface area contributed by atoms with E-state index in [2.05, 4.69) is 15.9 Å². The summed E-state index contributed by atoms with van der Waals surface area (Å²) >= 11 is 3.26. The van der Waals surface area contributed by atoms with Crippen LogP contribution in [0.5, 0.6) is 0 Å². The highest BCUT2D eigenvalue weighted by Crippen LogP contribution is 2.22. The van der Waals surface area contributed by atoms with Crippen molar-refractivity contribution in [3.05, 3.63) is 74.0 Å². The van der Waals surface area contributed by atoms with Gasteiger partial charge in [-0.25, -0.2) is 4.39 Å². The summed E-state index contributed by atoms with van der Waals surface area (Å²) in [6.45, 7) is 2.08. The molecule has 5 nitrogen and oxygen atoms in total. The van der Waals surface area contributed by atoms with E-state index >= 15 is 0 Å². The van der Waals surface area contributed by atoms with Crippen LogP contribution in [-0.4, -0.2) is 22.3 Å². The van der Waals surface area contributed by atoms with Gasteiger partial charge in [0.25, 0.3) is 11.6 Å². The second-order valence-electron chi connectivity index (χ2n) is 4.83. The molecule has 2 aromatic carbocycles. The van der Waals surface area contributed by atoms with E-state index in [0.29, 0.717) is 16.6 Å². The Kier molecular flexibility index (Phi) is 5.44. The molecular weight excluding hydrogens is 367 g/mol. The predicted molar refractivity (Wildman–Crippen MR) is 87.6 cm³/mol. The Morgan fingerprint density at radius 1 is 1.30 bits per heavy atom. The lowest BCUT2D eigenvalue weighted by Gasteiger charge is -2.21. The number of carbonyl (C=O) groups is 1. The molecule has 23 heavy (non-hydrogen) atoms. The van der Waals surface area contributed by atoms with Crippen molar-refractivity contribution in [2.24, 2.45) is 0 Å². The van der Waals surface area contributed by atoms with Crippen molar-refractivity contribution in [3.63, 3.8) is 0 Å². The summed E-state index contributed by atoms with van der Waals surface area (Å²) < 4.78 is 14.6. The van der Waals surface area contributed by atoms with Crippen LogP contribution in [0.2, 0.25) is 0 Å². The molecule has 7 heteroatoms. The van der Waals surface area contributed by atoms with E-state index in [0.717, 1.165) is 0 Å². The zero-order chi connectivity index (χ0) is 17.0. The number of hydrogen-bond donors (Lipinski definition) is 0. The quantitative estimate of drug-likeness (QED) is 0.577. The van der Waals surface area contributed by atoms with Gasteiger partial charge in [-0.3, -0.25) is 14.9 Å². The third-order valence-electron chi connectivity index (χ3n) is 3.37. The van der Waals surface area contributed by atoms with Crippen molar-refractivity contribution < 1.29 is 14.1 Å². The Balaban J connectivity index is 2.33. The zero-order valence-electron chi connectivity index (χ0n) is 12.3. The van der Waals surface area contributed by atoms with E-state index in [1.807, 2.05) is 0 Å². The van der Waals surface area contributed by atoms with Crippen molar-refractivity contribution in [1.82, 2.24) is 4.90 Å². The van der Waals surface area contributed by atoms with Crippen LogP contribution in [0.1, 0.15) is 22.8 Å². The summed E-state index contributed by atoms with van der Waals surface area (Å²) in [5.74, 6) is -0.929. The maximum Gasteiger partial charge on any atom is 0.282 e. The monoisotopic (exact) mass is 380 g/mol.